The normalized spacial score (nSPS) is 12.2. The van der Waals surface area contributed by atoms with Gasteiger partial charge in [0.25, 0.3) is 0 Å². The lowest BCUT2D eigenvalue weighted by molar-refractivity contribution is -0.145. The quantitative estimate of drug-likeness (QED) is 0.851. The van der Waals surface area contributed by atoms with Gasteiger partial charge in [0.05, 0.1) is 5.02 Å². The molecule has 0 aliphatic heterocycles. The number of aliphatic carboxylic acids is 1. The Morgan fingerprint density at radius 2 is 2.29 bits per heavy atom. The smallest absolute Gasteiger partial charge is 0.344 e. The van der Waals surface area contributed by atoms with E-state index < -0.39 is 17.9 Å². The topological polar surface area (TPSA) is 46.5 Å². The molecule has 17 heavy (non-hydrogen) atoms. The summed E-state index contributed by atoms with van der Waals surface area (Å²) in [5, 5.41) is 8.86. The van der Waals surface area contributed by atoms with Crippen molar-refractivity contribution in [1.82, 2.24) is 0 Å². The van der Waals surface area contributed by atoms with Crippen LogP contribution in [0.3, 0.4) is 0 Å². The molecule has 0 bridgehead atoms. The molecule has 0 aliphatic rings. The van der Waals surface area contributed by atoms with Crippen LogP contribution in [-0.2, 0) is 4.79 Å². The summed E-state index contributed by atoms with van der Waals surface area (Å²) in [5.74, 6) is -1.95. The Labute approximate surface area is 104 Å². The molecule has 1 aromatic carbocycles. The van der Waals surface area contributed by atoms with E-state index in [0.717, 1.165) is 6.42 Å². The summed E-state index contributed by atoms with van der Waals surface area (Å²) >= 11 is 5.58. The van der Waals surface area contributed by atoms with Crippen LogP contribution in [0.15, 0.2) is 18.2 Å². The van der Waals surface area contributed by atoms with Gasteiger partial charge in [0.1, 0.15) is 0 Å². The van der Waals surface area contributed by atoms with Crippen LogP contribution in [-0.4, -0.2) is 17.2 Å². The Morgan fingerprint density at radius 1 is 1.59 bits per heavy atom. The molecule has 0 aromatic heterocycles. The van der Waals surface area contributed by atoms with Gasteiger partial charge >= 0.3 is 5.97 Å². The van der Waals surface area contributed by atoms with Crippen LogP contribution in [0.5, 0.6) is 5.75 Å². The van der Waals surface area contributed by atoms with Gasteiger partial charge in [-0.15, -0.1) is 0 Å². The van der Waals surface area contributed by atoms with Crippen LogP contribution in [0, 0.1) is 5.82 Å². The first kappa shape index (κ1) is 13.8. The summed E-state index contributed by atoms with van der Waals surface area (Å²) < 4.78 is 18.6. The molecule has 3 nitrogen and oxygen atoms in total. The summed E-state index contributed by atoms with van der Waals surface area (Å²) in [6.07, 6.45) is 0.866. The van der Waals surface area contributed by atoms with Gasteiger partial charge in [-0.3, -0.25) is 0 Å². The Hall–Kier alpha value is -1.29. The SMILES string of the molecule is CCCCC(Oc1cccc(Cl)c1F)C(=O)O. The second-order valence-electron chi connectivity index (χ2n) is 3.64. The third-order valence-corrected chi connectivity index (χ3v) is 2.57. The van der Waals surface area contributed by atoms with Gasteiger partial charge in [-0.2, -0.15) is 0 Å². The van der Waals surface area contributed by atoms with E-state index in [1.165, 1.54) is 18.2 Å². The molecule has 1 N–H and O–H groups in total. The lowest BCUT2D eigenvalue weighted by Crippen LogP contribution is -2.27. The molecule has 0 radical (unpaired) electrons. The molecular weight excluding hydrogens is 247 g/mol. The molecule has 0 saturated heterocycles. The molecular formula is C12H14ClFO3. The minimum atomic E-state index is -1.10. The average Bonchev–Trinajstić information content (AvgIpc) is 2.29. The van der Waals surface area contributed by atoms with Crippen LogP contribution in [0.25, 0.3) is 0 Å². The van der Waals surface area contributed by atoms with Crippen molar-refractivity contribution >= 4 is 17.6 Å². The first-order valence-electron chi connectivity index (χ1n) is 5.39. The standard InChI is InChI=1S/C12H14ClFO3/c1-2-3-6-10(12(15)16)17-9-7-4-5-8(13)11(9)14/h4-5,7,10H,2-3,6H2,1H3,(H,15,16). The zero-order valence-corrected chi connectivity index (χ0v) is 10.2. The number of halogens is 2. The van der Waals surface area contributed by atoms with E-state index in [-0.39, 0.29) is 10.8 Å². The Balaban J connectivity index is 2.78. The minimum Gasteiger partial charge on any atom is -0.479 e. The molecule has 0 saturated carbocycles. The molecule has 1 rings (SSSR count). The van der Waals surface area contributed by atoms with Gasteiger partial charge in [-0.25, -0.2) is 9.18 Å². The Morgan fingerprint density at radius 3 is 2.88 bits per heavy atom. The number of unbranched alkanes of at least 4 members (excludes halogenated alkanes) is 1. The summed E-state index contributed by atoms with van der Waals surface area (Å²) in [4.78, 5) is 10.9. The van der Waals surface area contributed by atoms with Crippen LogP contribution < -0.4 is 4.74 Å². The fourth-order valence-corrected chi connectivity index (χ4v) is 1.52. The zero-order valence-electron chi connectivity index (χ0n) is 9.45. The van der Waals surface area contributed by atoms with E-state index in [1.54, 1.807) is 0 Å². The van der Waals surface area contributed by atoms with E-state index in [4.69, 9.17) is 21.4 Å². The van der Waals surface area contributed by atoms with Crippen molar-refractivity contribution < 1.29 is 19.0 Å². The van der Waals surface area contributed by atoms with Gasteiger partial charge in [0.2, 0.25) is 0 Å². The first-order chi connectivity index (χ1) is 8.06. The predicted octanol–water partition coefficient (Wildman–Crippen LogP) is 3.50. The third kappa shape index (κ3) is 3.89. The number of hydrogen-bond acceptors (Lipinski definition) is 2. The zero-order chi connectivity index (χ0) is 12.8. The maximum atomic E-state index is 13.5. The second-order valence-corrected chi connectivity index (χ2v) is 4.05. The summed E-state index contributed by atoms with van der Waals surface area (Å²) in [6, 6.07) is 4.26. The maximum Gasteiger partial charge on any atom is 0.344 e. The van der Waals surface area contributed by atoms with Gasteiger partial charge < -0.3 is 9.84 Å². The fraction of sp³-hybridized carbons (Fsp3) is 0.417. The average molecular weight is 261 g/mol. The fourth-order valence-electron chi connectivity index (χ4n) is 1.35. The lowest BCUT2D eigenvalue weighted by Gasteiger charge is -2.15. The number of carboxylic acid groups (broad SMARTS) is 1. The Bertz CT molecular complexity index is 395. The highest BCUT2D eigenvalue weighted by molar-refractivity contribution is 6.30. The minimum absolute atomic E-state index is 0.0814. The maximum absolute atomic E-state index is 13.5. The van der Waals surface area contributed by atoms with Crippen molar-refractivity contribution in [3.05, 3.63) is 29.0 Å². The highest BCUT2D eigenvalue weighted by Gasteiger charge is 2.20. The number of carboxylic acids is 1. The van der Waals surface area contributed by atoms with Crippen LogP contribution in [0.4, 0.5) is 4.39 Å². The molecule has 0 fully saturated rings. The number of benzene rings is 1. The van der Waals surface area contributed by atoms with Crippen molar-refractivity contribution in [3.63, 3.8) is 0 Å². The van der Waals surface area contributed by atoms with E-state index in [9.17, 15) is 9.18 Å². The van der Waals surface area contributed by atoms with Gasteiger partial charge in [0.15, 0.2) is 17.7 Å². The second kappa shape index (κ2) is 6.45. The Kier molecular flexibility index (Phi) is 5.22. The van der Waals surface area contributed by atoms with Crippen molar-refractivity contribution in [2.24, 2.45) is 0 Å². The van der Waals surface area contributed by atoms with Crippen molar-refractivity contribution in [2.45, 2.75) is 32.3 Å². The predicted molar refractivity (Wildman–Crippen MR) is 63.0 cm³/mol. The lowest BCUT2D eigenvalue weighted by atomic mass is 10.1. The highest BCUT2D eigenvalue weighted by Crippen LogP contribution is 2.25. The van der Waals surface area contributed by atoms with Gasteiger partial charge in [-0.1, -0.05) is 31.0 Å². The van der Waals surface area contributed by atoms with E-state index in [0.29, 0.717) is 12.8 Å². The van der Waals surface area contributed by atoms with E-state index in [1.807, 2.05) is 6.92 Å². The number of ether oxygens (including phenoxy) is 1. The van der Waals surface area contributed by atoms with E-state index in [2.05, 4.69) is 0 Å². The molecule has 0 aliphatic carbocycles. The van der Waals surface area contributed by atoms with Crippen LogP contribution in [0.1, 0.15) is 26.2 Å². The van der Waals surface area contributed by atoms with Crippen molar-refractivity contribution in [1.29, 1.82) is 0 Å². The molecule has 1 unspecified atom stereocenters. The number of carbonyl (C=O) groups is 1. The molecule has 1 atom stereocenters. The van der Waals surface area contributed by atoms with Gasteiger partial charge in [0, 0.05) is 0 Å². The third-order valence-electron chi connectivity index (χ3n) is 2.28. The van der Waals surface area contributed by atoms with Crippen LogP contribution in [0.2, 0.25) is 5.02 Å². The number of hydrogen-bond donors (Lipinski definition) is 1. The van der Waals surface area contributed by atoms with E-state index >= 15 is 0 Å². The summed E-state index contributed by atoms with van der Waals surface area (Å²) in [6.45, 7) is 1.94. The summed E-state index contributed by atoms with van der Waals surface area (Å²) in [5.41, 5.74) is 0. The summed E-state index contributed by atoms with van der Waals surface area (Å²) in [7, 11) is 0. The molecule has 94 valence electrons. The first-order valence-corrected chi connectivity index (χ1v) is 5.77. The van der Waals surface area contributed by atoms with Crippen molar-refractivity contribution in [2.75, 3.05) is 0 Å². The molecule has 5 heteroatoms. The molecule has 0 amide bonds. The van der Waals surface area contributed by atoms with Crippen LogP contribution >= 0.6 is 11.6 Å². The highest BCUT2D eigenvalue weighted by atomic mass is 35.5. The number of rotatable bonds is 6. The monoisotopic (exact) mass is 260 g/mol. The molecule has 0 spiro atoms. The largest absolute Gasteiger partial charge is 0.479 e. The molecule has 1 aromatic rings. The van der Waals surface area contributed by atoms with Gasteiger partial charge in [-0.05, 0) is 25.0 Å². The van der Waals surface area contributed by atoms with Crippen molar-refractivity contribution in [3.8, 4) is 5.75 Å². The molecule has 0 heterocycles.